The summed E-state index contributed by atoms with van der Waals surface area (Å²) in [6, 6.07) is 70.5. The molecule has 0 spiro atoms. The Labute approximate surface area is 306 Å². The van der Waals surface area contributed by atoms with Crippen LogP contribution in [-0.4, -0.2) is 9.55 Å². The maximum absolute atomic E-state index is 5.12. The van der Waals surface area contributed by atoms with Crippen molar-refractivity contribution >= 4 is 64.9 Å². The SMILES string of the molecule is c1ccc(-n2c(-c3ccc(-c4c5ccccc5c(-c5ccc6c(ccc7cc8ccccc8cc76)c5)c5ccccc45)cc3)nc3ccccc32)cc1. The van der Waals surface area contributed by atoms with Crippen molar-refractivity contribution in [3.8, 4) is 39.3 Å². The second-order valence-corrected chi connectivity index (χ2v) is 13.9. The Kier molecular flexibility index (Phi) is 6.59. The molecule has 0 fully saturated rings. The van der Waals surface area contributed by atoms with Crippen molar-refractivity contribution in [2.45, 2.75) is 0 Å². The third-order valence-corrected chi connectivity index (χ3v) is 10.9. The first-order chi connectivity index (χ1) is 26.3. The molecule has 0 unspecified atom stereocenters. The third-order valence-electron chi connectivity index (χ3n) is 10.9. The first-order valence-corrected chi connectivity index (χ1v) is 18.2. The Bertz CT molecular complexity index is 3150. The number of para-hydroxylation sites is 3. The Balaban J connectivity index is 1.08. The highest BCUT2D eigenvalue weighted by Gasteiger charge is 2.19. The number of nitrogens with zero attached hydrogens (tertiary/aromatic N) is 2. The summed E-state index contributed by atoms with van der Waals surface area (Å²) in [5.74, 6) is 0.936. The summed E-state index contributed by atoms with van der Waals surface area (Å²) < 4.78 is 2.26. The van der Waals surface area contributed by atoms with Gasteiger partial charge in [-0.2, -0.15) is 0 Å². The molecule has 53 heavy (non-hydrogen) atoms. The zero-order valence-electron chi connectivity index (χ0n) is 28.9. The van der Waals surface area contributed by atoms with E-state index >= 15 is 0 Å². The molecule has 11 aromatic rings. The minimum Gasteiger partial charge on any atom is -0.292 e. The second kappa shape index (κ2) is 11.8. The van der Waals surface area contributed by atoms with Crippen molar-refractivity contribution in [2.75, 3.05) is 0 Å². The van der Waals surface area contributed by atoms with Crippen LogP contribution in [0.25, 0.3) is 104 Å². The van der Waals surface area contributed by atoms with Gasteiger partial charge in [0, 0.05) is 11.3 Å². The number of hydrogen-bond acceptors (Lipinski definition) is 1. The average Bonchev–Trinajstić information content (AvgIpc) is 3.62. The number of imidazole rings is 1. The summed E-state index contributed by atoms with van der Waals surface area (Å²) in [5, 5.41) is 12.6. The summed E-state index contributed by atoms with van der Waals surface area (Å²) >= 11 is 0. The standard InChI is InChI=1S/C51H32N2/c1-2-14-40(15-3-1)53-48-21-11-10-20-47(48)52-51(53)34-24-22-33(23-25-34)49-42-16-6-8-18-44(42)50(45-19-9-7-17-43(45)49)39-28-29-41-37(31-39)26-27-38-30-35-12-4-5-13-36(35)32-46(38)41/h1-32H. The summed E-state index contributed by atoms with van der Waals surface area (Å²) in [4.78, 5) is 5.12. The summed E-state index contributed by atoms with van der Waals surface area (Å²) in [6.07, 6.45) is 0. The van der Waals surface area contributed by atoms with Crippen LogP contribution in [0.3, 0.4) is 0 Å². The van der Waals surface area contributed by atoms with Gasteiger partial charge in [-0.25, -0.2) is 4.98 Å². The van der Waals surface area contributed by atoms with Crippen LogP contribution in [0.4, 0.5) is 0 Å². The Hall–Kier alpha value is -7.03. The summed E-state index contributed by atoms with van der Waals surface area (Å²) in [7, 11) is 0. The van der Waals surface area contributed by atoms with Crippen LogP contribution < -0.4 is 0 Å². The molecule has 0 N–H and O–H groups in total. The molecule has 10 aromatic carbocycles. The van der Waals surface area contributed by atoms with E-state index in [1.54, 1.807) is 0 Å². The number of rotatable bonds is 4. The van der Waals surface area contributed by atoms with Crippen LogP contribution in [0.15, 0.2) is 194 Å². The summed E-state index contributed by atoms with van der Waals surface area (Å²) in [6.45, 7) is 0. The molecular weight excluding hydrogens is 641 g/mol. The van der Waals surface area contributed by atoms with Gasteiger partial charge in [-0.15, -0.1) is 0 Å². The molecule has 0 radical (unpaired) electrons. The van der Waals surface area contributed by atoms with E-state index in [9.17, 15) is 0 Å². The molecule has 0 aliphatic heterocycles. The van der Waals surface area contributed by atoms with Gasteiger partial charge in [0.05, 0.1) is 11.0 Å². The number of benzene rings is 10. The fourth-order valence-electron chi connectivity index (χ4n) is 8.50. The van der Waals surface area contributed by atoms with E-state index < -0.39 is 0 Å². The molecular formula is C51H32N2. The van der Waals surface area contributed by atoms with Gasteiger partial charge in [-0.3, -0.25) is 4.57 Å². The molecule has 0 bridgehead atoms. The van der Waals surface area contributed by atoms with E-state index in [-0.39, 0.29) is 0 Å². The molecule has 0 amide bonds. The number of aromatic nitrogens is 2. The van der Waals surface area contributed by atoms with Crippen molar-refractivity contribution in [2.24, 2.45) is 0 Å². The molecule has 0 saturated heterocycles. The van der Waals surface area contributed by atoms with Crippen LogP contribution >= 0.6 is 0 Å². The van der Waals surface area contributed by atoms with E-state index in [4.69, 9.17) is 4.98 Å². The van der Waals surface area contributed by atoms with Gasteiger partial charge in [-0.05, 0) is 119 Å². The van der Waals surface area contributed by atoms with Gasteiger partial charge >= 0.3 is 0 Å². The molecule has 1 heterocycles. The lowest BCUT2D eigenvalue weighted by atomic mass is 9.85. The topological polar surface area (TPSA) is 17.8 Å². The smallest absolute Gasteiger partial charge is 0.145 e. The molecule has 0 saturated carbocycles. The lowest BCUT2D eigenvalue weighted by Gasteiger charge is -2.18. The van der Waals surface area contributed by atoms with E-state index in [1.807, 2.05) is 0 Å². The normalized spacial score (nSPS) is 11.8. The van der Waals surface area contributed by atoms with Gasteiger partial charge in [-0.1, -0.05) is 152 Å². The van der Waals surface area contributed by atoms with E-state index in [1.165, 1.54) is 76.1 Å². The van der Waals surface area contributed by atoms with Gasteiger partial charge in [0.2, 0.25) is 0 Å². The van der Waals surface area contributed by atoms with Crippen LogP contribution in [0.1, 0.15) is 0 Å². The fourth-order valence-corrected chi connectivity index (χ4v) is 8.50. The van der Waals surface area contributed by atoms with E-state index in [2.05, 4.69) is 199 Å². The minimum absolute atomic E-state index is 0.936. The van der Waals surface area contributed by atoms with Gasteiger partial charge in [0.25, 0.3) is 0 Å². The van der Waals surface area contributed by atoms with Gasteiger partial charge in [0.15, 0.2) is 0 Å². The Morgan fingerprint density at radius 1 is 0.321 bits per heavy atom. The Morgan fingerprint density at radius 2 is 0.849 bits per heavy atom. The predicted molar refractivity (Wildman–Crippen MR) is 225 cm³/mol. The number of fused-ring (bicyclic) bond motifs is 7. The highest BCUT2D eigenvalue weighted by Crippen LogP contribution is 2.45. The molecule has 0 aliphatic rings. The highest BCUT2D eigenvalue weighted by molar-refractivity contribution is 6.22. The maximum atomic E-state index is 5.12. The van der Waals surface area contributed by atoms with Crippen LogP contribution in [-0.2, 0) is 0 Å². The molecule has 0 aliphatic carbocycles. The average molecular weight is 673 g/mol. The zero-order valence-corrected chi connectivity index (χ0v) is 28.9. The molecule has 0 atom stereocenters. The quantitative estimate of drug-likeness (QED) is 0.134. The predicted octanol–water partition coefficient (Wildman–Crippen LogP) is 13.8. The van der Waals surface area contributed by atoms with Crippen molar-refractivity contribution in [1.29, 1.82) is 0 Å². The van der Waals surface area contributed by atoms with Gasteiger partial charge in [0.1, 0.15) is 5.82 Å². The second-order valence-electron chi connectivity index (χ2n) is 13.9. The first-order valence-electron chi connectivity index (χ1n) is 18.2. The minimum atomic E-state index is 0.936. The van der Waals surface area contributed by atoms with Crippen molar-refractivity contribution < 1.29 is 0 Å². The van der Waals surface area contributed by atoms with E-state index in [0.717, 1.165) is 28.1 Å². The van der Waals surface area contributed by atoms with Crippen molar-refractivity contribution in [1.82, 2.24) is 9.55 Å². The largest absolute Gasteiger partial charge is 0.292 e. The van der Waals surface area contributed by atoms with E-state index in [0.29, 0.717) is 0 Å². The van der Waals surface area contributed by atoms with Crippen molar-refractivity contribution in [3.05, 3.63) is 194 Å². The lowest BCUT2D eigenvalue weighted by molar-refractivity contribution is 1.10. The lowest BCUT2D eigenvalue weighted by Crippen LogP contribution is -1.97. The third kappa shape index (κ3) is 4.70. The molecule has 2 heteroatoms. The van der Waals surface area contributed by atoms with Crippen LogP contribution in [0, 0.1) is 0 Å². The molecule has 11 rings (SSSR count). The number of hydrogen-bond donors (Lipinski definition) is 0. The van der Waals surface area contributed by atoms with Crippen molar-refractivity contribution in [3.63, 3.8) is 0 Å². The molecule has 246 valence electrons. The van der Waals surface area contributed by atoms with Gasteiger partial charge < -0.3 is 0 Å². The Morgan fingerprint density at radius 3 is 1.55 bits per heavy atom. The van der Waals surface area contributed by atoms with Crippen LogP contribution in [0.2, 0.25) is 0 Å². The fraction of sp³-hybridized carbons (Fsp3) is 0. The first kappa shape index (κ1) is 29.7. The summed E-state index contributed by atoms with van der Waals surface area (Å²) in [5.41, 5.74) is 9.20. The highest BCUT2D eigenvalue weighted by atomic mass is 15.1. The molecule has 2 nitrogen and oxygen atoms in total. The zero-order chi connectivity index (χ0) is 34.9. The monoisotopic (exact) mass is 672 g/mol. The maximum Gasteiger partial charge on any atom is 0.145 e. The molecule has 1 aromatic heterocycles. The van der Waals surface area contributed by atoms with Crippen LogP contribution in [0.5, 0.6) is 0 Å².